The molecule has 0 bridgehead atoms. The van der Waals surface area contributed by atoms with Crippen molar-refractivity contribution in [3.63, 3.8) is 0 Å². The van der Waals surface area contributed by atoms with E-state index in [1.807, 2.05) is 11.8 Å². The Labute approximate surface area is 116 Å². The van der Waals surface area contributed by atoms with Crippen LogP contribution in [0.2, 0.25) is 0 Å². The highest BCUT2D eigenvalue weighted by atomic mass is 32.2. The first-order chi connectivity index (χ1) is 9.08. The smallest absolute Gasteiger partial charge is 0.250 e. The molecule has 1 saturated heterocycles. The van der Waals surface area contributed by atoms with Gasteiger partial charge in [-0.05, 0) is 30.7 Å². The molecule has 1 heterocycles. The predicted octanol–water partition coefficient (Wildman–Crippen LogP) is 2.20. The maximum absolute atomic E-state index is 13.7. The van der Waals surface area contributed by atoms with Crippen LogP contribution < -0.4 is 16.8 Å². The monoisotopic (exact) mass is 283 g/mol. The number of carbonyl (C=O) groups excluding carboxylic acids is 1. The molecule has 1 fully saturated rings. The number of anilines is 2. The minimum Gasteiger partial charge on any atom is -0.398 e. The number of primary amides is 1. The van der Waals surface area contributed by atoms with E-state index < -0.39 is 11.7 Å². The first-order valence-corrected chi connectivity index (χ1v) is 7.37. The maximum atomic E-state index is 13.7. The molecule has 1 unspecified atom stereocenters. The van der Waals surface area contributed by atoms with Gasteiger partial charge in [0.1, 0.15) is 5.82 Å². The predicted molar refractivity (Wildman–Crippen MR) is 77.9 cm³/mol. The van der Waals surface area contributed by atoms with Gasteiger partial charge in [0.25, 0.3) is 5.91 Å². The zero-order valence-electron chi connectivity index (χ0n) is 10.6. The van der Waals surface area contributed by atoms with Gasteiger partial charge in [-0.25, -0.2) is 4.39 Å². The molecule has 104 valence electrons. The molecular formula is C13H18FN3OS. The summed E-state index contributed by atoms with van der Waals surface area (Å²) in [5.41, 5.74) is 11.3. The van der Waals surface area contributed by atoms with E-state index in [0.29, 0.717) is 11.8 Å². The Morgan fingerprint density at radius 2 is 2.26 bits per heavy atom. The van der Waals surface area contributed by atoms with Crippen LogP contribution >= 0.6 is 11.8 Å². The number of hydrogen-bond donors (Lipinski definition) is 3. The first kappa shape index (κ1) is 14.0. The molecule has 6 heteroatoms. The number of nitrogens with one attached hydrogen (secondary N) is 1. The Hall–Kier alpha value is -1.43. The highest BCUT2D eigenvalue weighted by Crippen LogP contribution is 2.27. The molecule has 1 aromatic carbocycles. The van der Waals surface area contributed by atoms with E-state index in [1.54, 1.807) is 0 Å². The highest BCUT2D eigenvalue weighted by molar-refractivity contribution is 7.99. The van der Waals surface area contributed by atoms with Crippen LogP contribution in [0.5, 0.6) is 0 Å². The van der Waals surface area contributed by atoms with Crippen LogP contribution in [-0.4, -0.2) is 23.5 Å². The average molecular weight is 283 g/mol. The number of benzene rings is 1. The molecule has 1 aromatic rings. The van der Waals surface area contributed by atoms with E-state index in [1.165, 1.54) is 18.9 Å². The summed E-state index contributed by atoms with van der Waals surface area (Å²) in [6.45, 7) is 0.684. The minimum atomic E-state index is -0.646. The first-order valence-electron chi connectivity index (χ1n) is 6.32. The van der Waals surface area contributed by atoms with Crippen LogP contribution in [0.4, 0.5) is 15.8 Å². The third-order valence-electron chi connectivity index (χ3n) is 3.20. The summed E-state index contributed by atoms with van der Waals surface area (Å²) in [6.07, 6.45) is 3.61. The Balaban J connectivity index is 2.06. The van der Waals surface area contributed by atoms with E-state index >= 15 is 0 Å². The van der Waals surface area contributed by atoms with Gasteiger partial charge in [0.2, 0.25) is 0 Å². The van der Waals surface area contributed by atoms with Gasteiger partial charge >= 0.3 is 0 Å². The number of nitrogens with two attached hydrogens (primary N) is 2. The Bertz CT molecular complexity index is 475. The number of halogens is 1. The Kier molecular flexibility index (Phi) is 4.52. The molecule has 2 rings (SSSR count). The number of nitrogen functional groups attached to an aromatic ring is 1. The van der Waals surface area contributed by atoms with Crippen molar-refractivity contribution in [2.45, 2.75) is 24.5 Å². The second-order valence-electron chi connectivity index (χ2n) is 4.65. The van der Waals surface area contributed by atoms with Gasteiger partial charge in [0.15, 0.2) is 0 Å². The second-order valence-corrected chi connectivity index (χ2v) is 6.06. The van der Waals surface area contributed by atoms with E-state index in [2.05, 4.69) is 5.32 Å². The minimum absolute atomic E-state index is 0.0718. The fourth-order valence-corrected chi connectivity index (χ4v) is 3.37. The van der Waals surface area contributed by atoms with Crippen LogP contribution in [0.15, 0.2) is 12.1 Å². The molecule has 19 heavy (non-hydrogen) atoms. The van der Waals surface area contributed by atoms with Crippen LogP contribution in [0.1, 0.15) is 29.6 Å². The summed E-state index contributed by atoms with van der Waals surface area (Å²) in [6, 6.07) is 2.52. The quantitative estimate of drug-likeness (QED) is 0.740. The van der Waals surface area contributed by atoms with Crippen molar-refractivity contribution in [1.82, 2.24) is 0 Å². The van der Waals surface area contributed by atoms with Crippen molar-refractivity contribution >= 4 is 29.0 Å². The summed E-state index contributed by atoms with van der Waals surface area (Å²) < 4.78 is 13.7. The van der Waals surface area contributed by atoms with E-state index in [0.717, 1.165) is 18.2 Å². The van der Waals surface area contributed by atoms with Gasteiger partial charge in [0.05, 0.1) is 11.3 Å². The largest absolute Gasteiger partial charge is 0.398 e. The molecule has 1 aliphatic rings. The Morgan fingerprint density at radius 3 is 2.89 bits per heavy atom. The zero-order valence-corrected chi connectivity index (χ0v) is 11.4. The van der Waals surface area contributed by atoms with E-state index in [-0.39, 0.29) is 16.9 Å². The molecule has 0 aromatic heterocycles. The van der Waals surface area contributed by atoms with Gasteiger partial charge in [-0.1, -0.05) is 6.42 Å². The number of hydrogen-bond acceptors (Lipinski definition) is 4. The Morgan fingerprint density at radius 1 is 1.47 bits per heavy atom. The maximum Gasteiger partial charge on any atom is 0.250 e. The average Bonchev–Trinajstić information content (AvgIpc) is 2.38. The molecule has 0 aliphatic carbocycles. The fourth-order valence-electron chi connectivity index (χ4n) is 2.13. The topological polar surface area (TPSA) is 81.1 Å². The lowest BCUT2D eigenvalue weighted by Crippen LogP contribution is -2.21. The van der Waals surface area contributed by atoms with Crippen molar-refractivity contribution < 1.29 is 9.18 Å². The lowest BCUT2D eigenvalue weighted by atomic mass is 10.1. The molecular weight excluding hydrogens is 265 g/mol. The molecule has 4 nitrogen and oxygen atoms in total. The van der Waals surface area contributed by atoms with E-state index in [4.69, 9.17) is 11.5 Å². The zero-order chi connectivity index (χ0) is 13.8. The van der Waals surface area contributed by atoms with Crippen molar-refractivity contribution in [2.24, 2.45) is 5.73 Å². The number of thioether (sulfide) groups is 1. The third-order valence-corrected chi connectivity index (χ3v) is 4.60. The van der Waals surface area contributed by atoms with E-state index in [9.17, 15) is 9.18 Å². The highest BCUT2D eigenvalue weighted by Gasteiger charge is 2.16. The van der Waals surface area contributed by atoms with Crippen LogP contribution in [0.3, 0.4) is 0 Å². The summed E-state index contributed by atoms with van der Waals surface area (Å²) in [7, 11) is 0. The third kappa shape index (κ3) is 3.53. The molecule has 5 N–H and O–H groups in total. The normalized spacial score (nSPS) is 19.1. The van der Waals surface area contributed by atoms with Crippen LogP contribution in [0.25, 0.3) is 0 Å². The molecule has 0 saturated carbocycles. The van der Waals surface area contributed by atoms with Crippen molar-refractivity contribution in [3.05, 3.63) is 23.5 Å². The summed E-state index contributed by atoms with van der Waals surface area (Å²) in [4.78, 5) is 11.2. The summed E-state index contributed by atoms with van der Waals surface area (Å²) in [5, 5.41) is 3.53. The molecule has 1 aliphatic heterocycles. The fraction of sp³-hybridized carbons (Fsp3) is 0.462. The van der Waals surface area contributed by atoms with Gasteiger partial charge in [-0.3, -0.25) is 4.79 Å². The molecule has 1 atom stereocenters. The summed E-state index contributed by atoms with van der Waals surface area (Å²) in [5.74, 6) is 0.0548. The van der Waals surface area contributed by atoms with Gasteiger partial charge in [-0.2, -0.15) is 11.8 Å². The standard InChI is InChI=1S/C13H18FN3OS/c14-10-6-11(15)9(13(16)18)5-12(10)17-7-8-3-1-2-4-19-8/h5-6,8,17H,1-4,7,15H2,(H2,16,18). The lowest BCUT2D eigenvalue weighted by molar-refractivity contribution is 0.100. The van der Waals surface area contributed by atoms with Gasteiger partial charge < -0.3 is 16.8 Å². The number of amides is 1. The van der Waals surface area contributed by atoms with Crippen molar-refractivity contribution in [2.75, 3.05) is 23.3 Å². The number of rotatable bonds is 4. The SMILES string of the molecule is NC(=O)c1cc(NCC2CCCCS2)c(F)cc1N. The second kappa shape index (κ2) is 6.14. The lowest BCUT2D eigenvalue weighted by Gasteiger charge is -2.22. The molecule has 0 spiro atoms. The van der Waals surface area contributed by atoms with Gasteiger partial charge in [-0.15, -0.1) is 0 Å². The van der Waals surface area contributed by atoms with Crippen molar-refractivity contribution in [1.29, 1.82) is 0 Å². The number of carbonyl (C=O) groups is 1. The van der Waals surface area contributed by atoms with Crippen molar-refractivity contribution in [3.8, 4) is 0 Å². The van der Waals surface area contributed by atoms with Crippen LogP contribution in [0, 0.1) is 5.82 Å². The van der Waals surface area contributed by atoms with Crippen LogP contribution in [-0.2, 0) is 0 Å². The van der Waals surface area contributed by atoms with Gasteiger partial charge in [0, 0.05) is 17.5 Å². The molecule has 1 amide bonds. The summed E-state index contributed by atoms with van der Waals surface area (Å²) >= 11 is 1.90. The molecule has 0 radical (unpaired) electrons.